The van der Waals surface area contributed by atoms with E-state index in [2.05, 4.69) is 10.2 Å². The van der Waals surface area contributed by atoms with Gasteiger partial charge in [-0.15, -0.1) is 0 Å². The first-order valence-electron chi connectivity index (χ1n) is 7.51. The number of para-hydroxylation sites is 1. The fourth-order valence-electron chi connectivity index (χ4n) is 2.11. The molecule has 2 aromatic rings. The number of carbonyl (C=O) groups is 2. The van der Waals surface area contributed by atoms with Gasteiger partial charge in [0.15, 0.2) is 0 Å². The fraction of sp³-hybridized carbons (Fsp3) is 0.176. The van der Waals surface area contributed by atoms with Crippen molar-refractivity contribution in [3.05, 3.63) is 65.2 Å². The van der Waals surface area contributed by atoms with Crippen molar-refractivity contribution >= 4 is 29.2 Å². The minimum Gasteiger partial charge on any atom is -0.466 e. The van der Waals surface area contributed by atoms with Crippen molar-refractivity contribution in [1.29, 1.82) is 0 Å². The van der Waals surface area contributed by atoms with E-state index in [1.165, 1.54) is 36.4 Å². The van der Waals surface area contributed by atoms with Gasteiger partial charge in [-0.1, -0.05) is 41.9 Å². The molecule has 0 spiro atoms. The van der Waals surface area contributed by atoms with Crippen LogP contribution in [0.3, 0.4) is 0 Å². The Labute approximate surface area is 157 Å². The molecule has 0 fully saturated rings. The molecular weight excluding hydrogens is 387 g/mol. The molecule has 0 heterocycles. The number of carbonyl (C=O) groups excluding carboxylic acids is 2. The highest BCUT2D eigenvalue weighted by molar-refractivity contribution is 6.33. The summed E-state index contributed by atoms with van der Waals surface area (Å²) in [5, 5.41) is 1.58. The van der Waals surface area contributed by atoms with Crippen LogP contribution in [0.4, 0.5) is 18.9 Å². The molecular formula is C17H15ClF3N3O3. The van der Waals surface area contributed by atoms with Crippen LogP contribution >= 0.6 is 11.6 Å². The minimum atomic E-state index is -5.25. The first-order valence-corrected chi connectivity index (χ1v) is 7.89. The first kappa shape index (κ1) is 20.5. The van der Waals surface area contributed by atoms with Crippen LogP contribution in [0.1, 0.15) is 10.4 Å². The number of anilines is 1. The highest BCUT2D eigenvalue weighted by Crippen LogP contribution is 2.30. The summed E-state index contributed by atoms with van der Waals surface area (Å²) in [6, 6.07) is 13.2. The number of benzene rings is 2. The lowest BCUT2D eigenvalue weighted by molar-refractivity contribution is -0.215. The Balaban J connectivity index is 2.40. The zero-order valence-corrected chi connectivity index (χ0v) is 14.7. The lowest BCUT2D eigenvalue weighted by Crippen LogP contribution is -2.73. The molecule has 1 atom stereocenters. The smallest absolute Gasteiger partial charge is 0.438 e. The molecule has 0 unspecified atom stereocenters. The number of hydrogen-bond acceptors (Lipinski definition) is 5. The SMILES string of the molecule is COC(=O)[C@](NNc1ccccc1)(NC(=O)c1ccccc1Cl)C(F)(F)F. The molecule has 0 bridgehead atoms. The number of halogens is 4. The van der Waals surface area contributed by atoms with Gasteiger partial charge in [0.25, 0.3) is 5.91 Å². The largest absolute Gasteiger partial charge is 0.466 e. The first-order chi connectivity index (χ1) is 12.7. The Morgan fingerprint density at radius 3 is 2.15 bits per heavy atom. The van der Waals surface area contributed by atoms with Crippen LogP contribution in [0, 0.1) is 0 Å². The van der Waals surface area contributed by atoms with Crippen LogP contribution in [0.5, 0.6) is 0 Å². The second-order valence-electron chi connectivity index (χ2n) is 5.29. The van der Waals surface area contributed by atoms with Crippen molar-refractivity contribution in [1.82, 2.24) is 10.7 Å². The van der Waals surface area contributed by atoms with Gasteiger partial charge in [0, 0.05) is 5.69 Å². The van der Waals surface area contributed by atoms with Crippen molar-refractivity contribution in [2.75, 3.05) is 12.5 Å². The average Bonchev–Trinajstić information content (AvgIpc) is 2.64. The molecule has 0 saturated carbocycles. The van der Waals surface area contributed by atoms with E-state index in [0.29, 0.717) is 0 Å². The summed E-state index contributed by atoms with van der Waals surface area (Å²) >= 11 is 5.85. The molecule has 0 saturated heterocycles. The molecule has 2 aromatic carbocycles. The fourth-order valence-corrected chi connectivity index (χ4v) is 2.34. The molecule has 0 aromatic heterocycles. The van der Waals surface area contributed by atoms with Crippen LogP contribution in [-0.2, 0) is 9.53 Å². The van der Waals surface area contributed by atoms with Gasteiger partial charge in [0.2, 0.25) is 0 Å². The molecule has 1 amide bonds. The van der Waals surface area contributed by atoms with E-state index in [1.54, 1.807) is 23.5 Å². The van der Waals surface area contributed by atoms with E-state index >= 15 is 0 Å². The monoisotopic (exact) mass is 401 g/mol. The van der Waals surface area contributed by atoms with Gasteiger partial charge in [-0.25, -0.2) is 4.79 Å². The lowest BCUT2D eigenvalue weighted by atomic mass is 10.1. The number of rotatable bonds is 6. The highest BCUT2D eigenvalue weighted by atomic mass is 35.5. The molecule has 0 aliphatic carbocycles. The maximum absolute atomic E-state index is 13.8. The molecule has 6 nitrogen and oxygen atoms in total. The van der Waals surface area contributed by atoms with Gasteiger partial charge in [-0.3, -0.25) is 4.79 Å². The van der Waals surface area contributed by atoms with Crippen LogP contribution in [0.2, 0.25) is 5.02 Å². The summed E-state index contributed by atoms with van der Waals surface area (Å²) in [6.07, 6.45) is -5.25. The standard InChI is InChI=1S/C17H15ClF3N3O3/c1-27-15(26)16(17(19,20)21,24-23-11-7-3-2-4-8-11)22-14(25)12-9-5-6-10-13(12)18/h2-10,23-24H,1H3,(H,22,25)/t16-/m1/s1. The van der Waals surface area contributed by atoms with E-state index < -0.39 is 23.7 Å². The topological polar surface area (TPSA) is 79.5 Å². The number of methoxy groups -OCH3 is 1. The summed E-state index contributed by atoms with van der Waals surface area (Å²) in [5.74, 6) is -2.98. The number of alkyl halides is 3. The third-order valence-electron chi connectivity index (χ3n) is 3.50. The van der Waals surface area contributed by atoms with Gasteiger partial charge >= 0.3 is 17.8 Å². The summed E-state index contributed by atoms with van der Waals surface area (Å²) in [6.45, 7) is 0. The number of amides is 1. The maximum atomic E-state index is 13.8. The third-order valence-corrected chi connectivity index (χ3v) is 3.83. The lowest BCUT2D eigenvalue weighted by Gasteiger charge is -2.34. The van der Waals surface area contributed by atoms with Crippen LogP contribution in [-0.4, -0.2) is 30.8 Å². The second-order valence-corrected chi connectivity index (χ2v) is 5.70. The van der Waals surface area contributed by atoms with Crippen LogP contribution < -0.4 is 16.2 Å². The van der Waals surface area contributed by atoms with E-state index in [1.807, 2.05) is 5.43 Å². The Bertz CT molecular complexity index is 818. The molecule has 144 valence electrons. The van der Waals surface area contributed by atoms with E-state index in [-0.39, 0.29) is 16.3 Å². The summed E-state index contributed by atoms with van der Waals surface area (Å²) in [4.78, 5) is 24.4. The van der Waals surface area contributed by atoms with Gasteiger partial charge in [0.1, 0.15) is 0 Å². The molecule has 27 heavy (non-hydrogen) atoms. The van der Waals surface area contributed by atoms with E-state index in [0.717, 1.165) is 7.11 Å². The van der Waals surface area contributed by atoms with Crippen molar-refractivity contribution in [3.8, 4) is 0 Å². The van der Waals surface area contributed by atoms with Crippen LogP contribution in [0.25, 0.3) is 0 Å². The molecule has 0 radical (unpaired) electrons. The molecule has 3 N–H and O–H groups in total. The van der Waals surface area contributed by atoms with Crippen LogP contribution in [0.15, 0.2) is 54.6 Å². The maximum Gasteiger partial charge on any atom is 0.438 e. The zero-order chi connectivity index (χ0) is 20.1. The summed E-state index contributed by atoms with van der Waals surface area (Å²) in [7, 11) is 0.772. The molecule has 10 heteroatoms. The predicted octanol–water partition coefficient (Wildman–Crippen LogP) is 3.12. The van der Waals surface area contributed by atoms with Gasteiger partial charge < -0.3 is 15.5 Å². The van der Waals surface area contributed by atoms with Crippen molar-refractivity contribution in [2.45, 2.75) is 11.8 Å². The Morgan fingerprint density at radius 2 is 1.59 bits per heavy atom. The number of nitrogens with one attached hydrogen (secondary N) is 3. The van der Waals surface area contributed by atoms with Gasteiger partial charge in [-0.2, -0.15) is 18.6 Å². The van der Waals surface area contributed by atoms with E-state index in [4.69, 9.17) is 11.6 Å². The molecule has 0 aliphatic heterocycles. The Morgan fingerprint density at radius 1 is 1.00 bits per heavy atom. The Kier molecular flexibility index (Phi) is 6.29. The molecule has 2 rings (SSSR count). The summed E-state index contributed by atoms with van der Waals surface area (Å²) < 4.78 is 45.8. The second kappa shape index (κ2) is 8.28. The van der Waals surface area contributed by atoms with Crippen molar-refractivity contribution in [3.63, 3.8) is 0 Å². The number of hydrazine groups is 1. The number of esters is 1. The Hall–Kier alpha value is -2.78. The minimum absolute atomic E-state index is 0.0769. The third kappa shape index (κ3) is 4.50. The highest BCUT2D eigenvalue weighted by Gasteiger charge is 2.63. The molecule has 0 aliphatic rings. The van der Waals surface area contributed by atoms with Gasteiger partial charge in [-0.05, 0) is 24.3 Å². The summed E-state index contributed by atoms with van der Waals surface area (Å²) in [5.41, 5.74) is 0.521. The average molecular weight is 402 g/mol. The van der Waals surface area contributed by atoms with Crippen molar-refractivity contribution in [2.24, 2.45) is 0 Å². The zero-order valence-electron chi connectivity index (χ0n) is 13.9. The van der Waals surface area contributed by atoms with Crippen molar-refractivity contribution < 1.29 is 27.5 Å². The quantitative estimate of drug-likeness (QED) is 0.394. The normalized spacial score (nSPS) is 13.4. The number of hydrogen-bond donors (Lipinski definition) is 3. The predicted molar refractivity (Wildman–Crippen MR) is 92.9 cm³/mol. The number of ether oxygens (including phenoxy) is 1. The van der Waals surface area contributed by atoms with Gasteiger partial charge in [0.05, 0.1) is 17.7 Å². The van der Waals surface area contributed by atoms with E-state index in [9.17, 15) is 22.8 Å².